The Kier molecular flexibility index (Phi) is 5.88. The quantitative estimate of drug-likeness (QED) is 0.746. The number of piperidine rings is 2. The van der Waals surface area contributed by atoms with E-state index in [0.29, 0.717) is 18.8 Å². The third-order valence-electron chi connectivity index (χ3n) is 7.17. The maximum atomic E-state index is 13.2. The van der Waals surface area contributed by atoms with Crippen molar-refractivity contribution >= 4 is 12.0 Å². The second-order valence-electron chi connectivity index (χ2n) is 8.98. The van der Waals surface area contributed by atoms with Crippen molar-refractivity contribution in [3.8, 4) is 0 Å². The number of rotatable bonds is 3. The SMILES string of the molecule is O=C(OC1CCCC1)N1CCC(C2CCCCN2C(=O)C2CC(F)C2)CC1. The molecule has 0 aromatic rings. The second kappa shape index (κ2) is 8.36. The van der Waals surface area contributed by atoms with Crippen LogP contribution in [0.15, 0.2) is 0 Å². The Morgan fingerprint density at radius 1 is 0.852 bits per heavy atom. The third-order valence-corrected chi connectivity index (χ3v) is 7.17. The van der Waals surface area contributed by atoms with Gasteiger partial charge in [0.25, 0.3) is 0 Å². The Morgan fingerprint density at radius 2 is 1.52 bits per heavy atom. The summed E-state index contributed by atoms with van der Waals surface area (Å²) in [5.74, 6) is 0.532. The number of hydrogen-bond donors (Lipinski definition) is 0. The topological polar surface area (TPSA) is 49.9 Å². The van der Waals surface area contributed by atoms with Gasteiger partial charge in [0.05, 0.1) is 0 Å². The Bertz CT molecular complexity index is 538. The molecule has 2 heterocycles. The molecule has 2 saturated carbocycles. The van der Waals surface area contributed by atoms with E-state index in [2.05, 4.69) is 4.90 Å². The normalized spacial score (nSPS) is 33.0. The zero-order valence-electron chi connectivity index (χ0n) is 16.3. The predicted molar refractivity (Wildman–Crippen MR) is 100 cm³/mol. The Labute approximate surface area is 161 Å². The van der Waals surface area contributed by atoms with E-state index in [1.54, 1.807) is 0 Å². The van der Waals surface area contributed by atoms with Crippen molar-refractivity contribution in [1.82, 2.24) is 9.80 Å². The smallest absolute Gasteiger partial charge is 0.410 e. The lowest BCUT2D eigenvalue weighted by Crippen LogP contribution is -2.54. The van der Waals surface area contributed by atoms with Gasteiger partial charge in [0.2, 0.25) is 5.91 Å². The van der Waals surface area contributed by atoms with E-state index < -0.39 is 6.17 Å². The molecule has 1 unspecified atom stereocenters. The summed E-state index contributed by atoms with van der Waals surface area (Å²) >= 11 is 0. The number of likely N-dealkylation sites (tertiary alicyclic amines) is 2. The summed E-state index contributed by atoms with van der Waals surface area (Å²) in [5.41, 5.74) is 0. The van der Waals surface area contributed by atoms with Crippen LogP contribution in [0.2, 0.25) is 0 Å². The summed E-state index contributed by atoms with van der Waals surface area (Å²) in [6, 6.07) is 0.276. The number of carbonyl (C=O) groups is 2. The average molecular weight is 381 g/mol. The Morgan fingerprint density at radius 3 is 2.19 bits per heavy atom. The molecule has 27 heavy (non-hydrogen) atoms. The number of ether oxygens (including phenoxy) is 1. The number of carbonyl (C=O) groups excluding carboxylic acids is 2. The van der Waals surface area contributed by atoms with Crippen molar-refractivity contribution in [2.45, 2.75) is 88.9 Å². The highest BCUT2D eigenvalue weighted by Crippen LogP contribution is 2.36. The van der Waals surface area contributed by atoms with E-state index in [4.69, 9.17) is 4.74 Å². The van der Waals surface area contributed by atoms with Gasteiger partial charge in [0.1, 0.15) is 12.3 Å². The van der Waals surface area contributed by atoms with Gasteiger partial charge in [-0.15, -0.1) is 0 Å². The molecule has 2 saturated heterocycles. The van der Waals surface area contributed by atoms with Crippen molar-refractivity contribution in [2.75, 3.05) is 19.6 Å². The first kappa shape index (κ1) is 19.0. The molecule has 5 nitrogen and oxygen atoms in total. The van der Waals surface area contributed by atoms with E-state index in [-0.39, 0.29) is 30.1 Å². The minimum absolute atomic E-state index is 0.0953. The lowest BCUT2D eigenvalue weighted by Gasteiger charge is -2.45. The van der Waals surface area contributed by atoms with Gasteiger partial charge in [-0.05, 0) is 76.5 Å². The summed E-state index contributed by atoms with van der Waals surface area (Å²) in [5, 5.41) is 0. The fraction of sp³-hybridized carbons (Fsp3) is 0.905. The van der Waals surface area contributed by atoms with Crippen LogP contribution >= 0.6 is 0 Å². The molecule has 0 spiro atoms. The van der Waals surface area contributed by atoms with Crippen molar-refractivity contribution < 1.29 is 18.7 Å². The van der Waals surface area contributed by atoms with Crippen LogP contribution < -0.4 is 0 Å². The molecule has 2 amide bonds. The molecule has 6 heteroatoms. The van der Waals surface area contributed by atoms with Crippen LogP contribution in [0.25, 0.3) is 0 Å². The van der Waals surface area contributed by atoms with Crippen molar-refractivity contribution in [2.24, 2.45) is 11.8 Å². The van der Waals surface area contributed by atoms with Gasteiger partial charge < -0.3 is 14.5 Å². The largest absolute Gasteiger partial charge is 0.446 e. The molecular formula is C21H33FN2O3. The van der Waals surface area contributed by atoms with E-state index in [1.807, 2.05) is 4.90 Å². The first-order valence-electron chi connectivity index (χ1n) is 11.0. The predicted octanol–water partition coefficient (Wildman–Crippen LogP) is 3.91. The zero-order chi connectivity index (χ0) is 18.8. The van der Waals surface area contributed by atoms with E-state index in [0.717, 1.165) is 77.4 Å². The summed E-state index contributed by atoms with van der Waals surface area (Å²) in [4.78, 5) is 29.1. The number of halogens is 1. The standard InChI is InChI=1S/C21H33FN2O3/c22-17-13-16(14-17)20(25)24-10-4-3-7-19(24)15-8-11-23(12-9-15)21(26)27-18-5-1-2-6-18/h15-19H,1-14H2. The van der Waals surface area contributed by atoms with Gasteiger partial charge in [-0.25, -0.2) is 9.18 Å². The van der Waals surface area contributed by atoms with Crippen LogP contribution in [0.1, 0.15) is 70.6 Å². The van der Waals surface area contributed by atoms with E-state index >= 15 is 0 Å². The molecule has 152 valence electrons. The maximum absolute atomic E-state index is 13.2. The Balaban J connectivity index is 1.29. The van der Waals surface area contributed by atoms with Crippen LogP contribution in [-0.4, -0.2) is 59.8 Å². The molecule has 2 aliphatic heterocycles. The number of alkyl halides is 1. The molecule has 4 rings (SSSR count). The van der Waals surface area contributed by atoms with Gasteiger partial charge in [0, 0.05) is 31.6 Å². The molecule has 0 aromatic carbocycles. The molecule has 1 atom stereocenters. The van der Waals surface area contributed by atoms with Gasteiger partial charge in [0.15, 0.2) is 0 Å². The summed E-state index contributed by atoms with van der Waals surface area (Å²) in [7, 11) is 0. The van der Waals surface area contributed by atoms with E-state index in [1.165, 1.54) is 0 Å². The monoisotopic (exact) mass is 380 g/mol. The highest BCUT2D eigenvalue weighted by atomic mass is 19.1. The van der Waals surface area contributed by atoms with Gasteiger partial charge in [-0.3, -0.25) is 4.79 Å². The molecule has 0 radical (unpaired) electrons. The van der Waals surface area contributed by atoms with Gasteiger partial charge in [-0.1, -0.05) is 0 Å². The van der Waals surface area contributed by atoms with Crippen LogP contribution in [0, 0.1) is 11.8 Å². The second-order valence-corrected chi connectivity index (χ2v) is 8.98. The maximum Gasteiger partial charge on any atom is 0.410 e. The third kappa shape index (κ3) is 4.24. The molecule has 0 aromatic heterocycles. The number of amides is 2. The molecule has 0 N–H and O–H groups in total. The zero-order valence-corrected chi connectivity index (χ0v) is 16.3. The van der Waals surface area contributed by atoms with Crippen LogP contribution in [0.5, 0.6) is 0 Å². The summed E-state index contributed by atoms with van der Waals surface area (Å²) in [6.07, 6.45) is 9.47. The lowest BCUT2D eigenvalue weighted by atomic mass is 9.79. The fourth-order valence-corrected chi connectivity index (χ4v) is 5.40. The molecule has 4 aliphatic rings. The molecule has 4 fully saturated rings. The molecular weight excluding hydrogens is 347 g/mol. The fourth-order valence-electron chi connectivity index (χ4n) is 5.40. The highest BCUT2D eigenvalue weighted by Gasteiger charge is 2.42. The first-order valence-corrected chi connectivity index (χ1v) is 11.0. The molecule has 2 aliphatic carbocycles. The van der Waals surface area contributed by atoms with Crippen LogP contribution in [0.3, 0.4) is 0 Å². The average Bonchev–Trinajstić information content (AvgIpc) is 3.18. The summed E-state index contributed by atoms with van der Waals surface area (Å²) in [6.45, 7) is 2.27. The van der Waals surface area contributed by atoms with Crippen molar-refractivity contribution in [3.63, 3.8) is 0 Å². The van der Waals surface area contributed by atoms with Crippen molar-refractivity contribution in [1.29, 1.82) is 0 Å². The summed E-state index contributed by atoms with van der Waals surface area (Å²) < 4.78 is 18.8. The number of hydrogen-bond acceptors (Lipinski definition) is 3. The number of nitrogens with zero attached hydrogens (tertiary/aromatic N) is 2. The minimum atomic E-state index is -0.781. The first-order chi connectivity index (χ1) is 13.1. The van der Waals surface area contributed by atoms with Crippen molar-refractivity contribution in [3.05, 3.63) is 0 Å². The van der Waals surface area contributed by atoms with Gasteiger partial charge in [-0.2, -0.15) is 0 Å². The minimum Gasteiger partial charge on any atom is -0.446 e. The Hall–Kier alpha value is -1.33. The molecule has 0 bridgehead atoms. The van der Waals surface area contributed by atoms with E-state index in [9.17, 15) is 14.0 Å². The van der Waals surface area contributed by atoms with Crippen LogP contribution in [0.4, 0.5) is 9.18 Å². The lowest BCUT2D eigenvalue weighted by molar-refractivity contribution is -0.146. The van der Waals surface area contributed by atoms with Gasteiger partial charge >= 0.3 is 6.09 Å². The van der Waals surface area contributed by atoms with Crippen LogP contribution in [-0.2, 0) is 9.53 Å². The highest BCUT2D eigenvalue weighted by molar-refractivity contribution is 5.80.